The lowest BCUT2D eigenvalue weighted by Crippen LogP contribution is -2.42. The third-order valence-electron chi connectivity index (χ3n) is 5.12. The van der Waals surface area contributed by atoms with Gasteiger partial charge in [0, 0.05) is 44.6 Å². The van der Waals surface area contributed by atoms with Crippen molar-refractivity contribution in [2.24, 2.45) is 0 Å². The van der Waals surface area contributed by atoms with Crippen molar-refractivity contribution in [2.45, 2.75) is 31.5 Å². The van der Waals surface area contributed by atoms with Gasteiger partial charge in [0.25, 0.3) is 0 Å². The minimum absolute atomic E-state index is 0.820. The van der Waals surface area contributed by atoms with E-state index in [-0.39, 0.29) is 0 Å². The number of carboxylic acid groups (broad SMARTS) is 3. The maximum absolute atomic E-state index is 10.3. The molecule has 0 aliphatic rings. The number of carbonyl (C=O) groups is 3. The van der Waals surface area contributed by atoms with Crippen molar-refractivity contribution in [3.63, 3.8) is 0 Å². The number of carboxylic acids is 3. The molecule has 0 saturated heterocycles. The average molecular weight is 522 g/mol. The number of aromatic nitrogens is 1. The fourth-order valence-electron chi connectivity index (χ4n) is 3.23. The van der Waals surface area contributed by atoms with Crippen LogP contribution in [0.1, 0.15) is 24.0 Å². The van der Waals surface area contributed by atoms with E-state index in [2.05, 4.69) is 53.1 Å². The Morgan fingerprint density at radius 2 is 1.32 bits per heavy atom. The summed E-state index contributed by atoms with van der Waals surface area (Å²) in [6.45, 7) is 3.71. The fraction of sp³-hybridized carbons (Fsp3) is 0.440. The van der Waals surface area contributed by atoms with E-state index < -0.39 is 36.4 Å². The Labute approximate surface area is 215 Å². The fourth-order valence-corrected chi connectivity index (χ4v) is 3.23. The largest absolute Gasteiger partial charge is 0.497 e. The summed E-state index contributed by atoms with van der Waals surface area (Å²) >= 11 is 0. The van der Waals surface area contributed by atoms with Gasteiger partial charge in [0.2, 0.25) is 0 Å². The summed E-state index contributed by atoms with van der Waals surface area (Å²) in [6.07, 6.45) is 1.39. The molecule has 0 amide bonds. The summed E-state index contributed by atoms with van der Waals surface area (Å²) in [5, 5.41) is 33.8. The molecule has 0 spiro atoms. The van der Waals surface area contributed by atoms with Crippen molar-refractivity contribution < 1.29 is 44.3 Å². The molecule has 1 heterocycles. The minimum Gasteiger partial charge on any atom is -0.497 e. The Balaban J connectivity index is 0.000000448. The molecule has 0 unspecified atom stereocenters. The molecule has 0 bridgehead atoms. The zero-order valence-electron chi connectivity index (χ0n) is 21.5. The van der Waals surface area contributed by atoms with Crippen LogP contribution in [0.3, 0.4) is 0 Å². The van der Waals surface area contributed by atoms with Crippen molar-refractivity contribution in [1.29, 1.82) is 0 Å². The maximum atomic E-state index is 10.3. The molecule has 0 atom stereocenters. The van der Waals surface area contributed by atoms with E-state index in [9.17, 15) is 14.4 Å². The molecule has 204 valence electrons. The van der Waals surface area contributed by atoms with Crippen LogP contribution in [0.4, 0.5) is 0 Å². The van der Waals surface area contributed by atoms with E-state index in [0.717, 1.165) is 37.7 Å². The Hall–Kier alpha value is -3.74. The molecular weight excluding hydrogens is 486 g/mol. The Kier molecular flexibility index (Phi) is 13.0. The van der Waals surface area contributed by atoms with Crippen LogP contribution in [0.2, 0.25) is 0 Å². The molecule has 12 heteroatoms. The van der Waals surface area contributed by atoms with Crippen molar-refractivity contribution in [3.8, 4) is 11.5 Å². The number of nitrogens with zero attached hydrogens (tertiary/aromatic N) is 3. The van der Waals surface area contributed by atoms with E-state index in [0.29, 0.717) is 0 Å². The van der Waals surface area contributed by atoms with Gasteiger partial charge in [0.15, 0.2) is 5.60 Å². The van der Waals surface area contributed by atoms with Crippen molar-refractivity contribution >= 4 is 17.9 Å². The van der Waals surface area contributed by atoms with Gasteiger partial charge >= 0.3 is 17.9 Å². The van der Waals surface area contributed by atoms with Gasteiger partial charge in [-0.25, -0.2) is 4.79 Å². The van der Waals surface area contributed by atoms with Crippen LogP contribution in [0.25, 0.3) is 0 Å². The van der Waals surface area contributed by atoms with Gasteiger partial charge in [0.1, 0.15) is 11.5 Å². The summed E-state index contributed by atoms with van der Waals surface area (Å²) in [4.78, 5) is 39.2. The van der Waals surface area contributed by atoms with Crippen LogP contribution in [0.5, 0.6) is 11.5 Å². The minimum atomic E-state index is -2.74. The number of likely N-dealkylation sites (N-methyl/N-ethyl adjacent to an activating group) is 1. The second-order valence-corrected chi connectivity index (χ2v) is 8.57. The Morgan fingerprint density at radius 1 is 0.838 bits per heavy atom. The lowest BCUT2D eigenvalue weighted by Gasteiger charge is -2.24. The summed E-state index contributed by atoms with van der Waals surface area (Å²) in [6, 6.07) is 10.2. The smallest absolute Gasteiger partial charge is 0.336 e. The Morgan fingerprint density at radius 3 is 1.73 bits per heavy atom. The molecule has 2 aromatic rings. The quantitative estimate of drug-likeness (QED) is 0.282. The van der Waals surface area contributed by atoms with Gasteiger partial charge in [0.05, 0.1) is 27.1 Å². The number of hydrogen-bond acceptors (Lipinski definition) is 9. The van der Waals surface area contributed by atoms with Crippen LogP contribution < -0.4 is 9.47 Å². The van der Waals surface area contributed by atoms with E-state index in [1.807, 2.05) is 18.5 Å². The molecule has 0 fully saturated rings. The highest BCUT2D eigenvalue weighted by molar-refractivity contribution is 5.88. The molecule has 37 heavy (non-hydrogen) atoms. The third kappa shape index (κ3) is 12.2. The number of methoxy groups -OCH3 is 2. The number of hydrogen-bond donors (Lipinski definition) is 4. The van der Waals surface area contributed by atoms with Gasteiger partial charge in [-0.15, -0.1) is 0 Å². The zero-order valence-corrected chi connectivity index (χ0v) is 21.5. The highest BCUT2D eigenvalue weighted by Crippen LogP contribution is 2.24. The predicted molar refractivity (Wildman–Crippen MR) is 134 cm³/mol. The summed E-state index contributed by atoms with van der Waals surface area (Å²) < 4.78 is 10.8. The third-order valence-corrected chi connectivity index (χ3v) is 5.12. The van der Waals surface area contributed by atoms with Crippen LogP contribution >= 0.6 is 0 Å². The van der Waals surface area contributed by atoms with Crippen molar-refractivity contribution in [1.82, 2.24) is 14.8 Å². The summed E-state index contributed by atoms with van der Waals surface area (Å²) in [5.41, 5.74) is -0.296. The van der Waals surface area contributed by atoms with Gasteiger partial charge in [-0.1, -0.05) is 0 Å². The topological polar surface area (TPSA) is 170 Å². The molecular formula is C25H35N3O9. The van der Waals surface area contributed by atoms with Crippen LogP contribution in [0, 0.1) is 0 Å². The molecule has 0 aliphatic heterocycles. The van der Waals surface area contributed by atoms with E-state index in [1.165, 1.54) is 11.1 Å². The van der Waals surface area contributed by atoms with E-state index in [4.69, 9.17) is 29.9 Å². The molecule has 0 aliphatic carbocycles. The van der Waals surface area contributed by atoms with Gasteiger partial charge in [-0.2, -0.15) is 0 Å². The molecule has 2 rings (SSSR count). The lowest BCUT2D eigenvalue weighted by atomic mass is 9.96. The highest BCUT2D eigenvalue weighted by Gasteiger charge is 2.40. The van der Waals surface area contributed by atoms with Gasteiger partial charge in [-0.05, 0) is 49.5 Å². The van der Waals surface area contributed by atoms with Crippen molar-refractivity contribution in [2.75, 3.05) is 41.4 Å². The van der Waals surface area contributed by atoms with Crippen LogP contribution in [0.15, 0.2) is 42.7 Å². The van der Waals surface area contributed by atoms with Crippen LogP contribution in [-0.4, -0.2) is 100 Å². The number of pyridine rings is 1. The number of ether oxygens (including phenoxy) is 2. The normalized spacial score (nSPS) is 11.0. The molecule has 12 nitrogen and oxygen atoms in total. The monoisotopic (exact) mass is 521 g/mol. The number of aliphatic hydroxyl groups is 1. The summed E-state index contributed by atoms with van der Waals surface area (Å²) in [5.74, 6) is -3.38. The van der Waals surface area contributed by atoms with Crippen molar-refractivity contribution in [3.05, 3.63) is 53.9 Å². The Bertz CT molecular complexity index is 977. The summed E-state index contributed by atoms with van der Waals surface area (Å²) in [7, 11) is 7.55. The lowest BCUT2D eigenvalue weighted by molar-refractivity contribution is -0.170. The number of benzene rings is 1. The molecule has 4 N–H and O–H groups in total. The molecule has 1 aromatic carbocycles. The second-order valence-electron chi connectivity index (χ2n) is 8.57. The molecule has 1 aromatic heterocycles. The average Bonchev–Trinajstić information content (AvgIpc) is 2.82. The first-order chi connectivity index (χ1) is 17.4. The van der Waals surface area contributed by atoms with E-state index in [1.54, 1.807) is 14.2 Å². The number of aliphatic carboxylic acids is 3. The molecule has 0 saturated carbocycles. The first-order valence-corrected chi connectivity index (χ1v) is 11.3. The predicted octanol–water partition coefficient (Wildman–Crippen LogP) is 1.41. The first-order valence-electron chi connectivity index (χ1n) is 11.3. The zero-order chi connectivity index (χ0) is 28.0. The second kappa shape index (κ2) is 15.4. The first kappa shape index (κ1) is 31.3. The molecule has 0 radical (unpaired) electrons. The highest BCUT2D eigenvalue weighted by atomic mass is 16.5. The van der Waals surface area contributed by atoms with Gasteiger partial charge < -0.3 is 34.8 Å². The van der Waals surface area contributed by atoms with Crippen LogP contribution in [-0.2, 0) is 27.5 Å². The van der Waals surface area contributed by atoms with E-state index >= 15 is 0 Å². The SMILES string of the molecule is COc1cc(CN(CCN(C)C)Cc2ccncc2)cc(OC)c1.O=C(O)CC(O)(CC(=O)O)C(=O)O. The van der Waals surface area contributed by atoms with Gasteiger partial charge in [-0.3, -0.25) is 19.5 Å². The maximum Gasteiger partial charge on any atom is 0.336 e. The number of rotatable bonds is 14. The standard InChI is InChI=1S/C19H27N3O2.C6H8O7/c1-21(2)9-10-22(14-16-5-7-20-8-6-16)15-17-11-18(23-3)13-19(12-17)24-4;7-3(8)1-6(13,5(11)12)2-4(9)10/h5-8,11-13H,9-10,14-15H2,1-4H3;13H,1-2H2,(H,7,8)(H,9,10)(H,11,12).